The molecule has 0 saturated heterocycles. The van der Waals surface area contributed by atoms with Crippen LogP contribution in [0.15, 0.2) is 49.2 Å². The molecule has 6 heteroatoms. The number of hydrogen-bond donors (Lipinski definition) is 2. The van der Waals surface area contributed by atoms with Crippen LogP contribution in [0.1, 0.15) is 54.9 Å². The molecule has 1 fully saturated rings. The normalized spacial score (nSPS) is 15.4. The molecule has 1 aliphatic rings. The van der Waals surface area contributed by atoms with E-state index < -0.39 is 17.9 Å². The van der Waals surface area contributed by atoms with Crippen LogP contribution in [0.25, 0.3) is 11.3 Å². The summed E-state index contributed by atoms with van der Waals surface area (Å²) in [6.45, 7) is 3.61. The third kappa shape index (κ3) is 4.27. The van der Waals surface area contributed by atoms with E-state index in [1.165, 1.54) is 0 Å². The van der Waals surface area contributed by atoms with Gasteiger partial charge in [0.1, 0.15) is 6.04 Å². The van der Waals surface area contributed by atoms with Crippen molar-refractivity contribution in [2.45, 2.75) is 50.6 Å². The smallest absolute Gasteiger partial charge is 0.326 e. The summed E-state index contributed by atoms with van der Waals surface area (Å²) >= 11 is 0. The number of carboxylic acid groups (broad SMARTS) is 1. The van der Waals surface area contributed by atoms with Gasteiger partial charge in [-0.15, -0.1) is 6.58 Å². The predicted molar refractivity (Wildman–Crippen MR) is 103 cm³/mol. The standard InChI is InChI=1S/C21H25N3O3/c1-2-3-13-18(21(26)27)23-20(25)17-14-22-24(16-11-7-8-12-16)19(17)15-9-5-4-6-10-15/h2,4-6,9-10,14,16,18H,1,3,7-8,11-13H2,(H,23,25)(H,26,27). The molecule has 1 saturated carbocycles. The zero-order valence-corrected chi connectivity index (χ0v) is 15.3. The first-order valence-electron chi connectivity index (χ1n) is 9.39. The molecule has 1 heterocycles. The SMILES string of the molecule is C=CCCC(NC(=O)c1cnn(C2CCCC2)c1-c1ccccc1)C(=O)O. The fourth-order valence-electron chi connectivity index (χ4n) is 3.62. The quantitative estimate of drug-likeness (QED) is 0.695. The molecule has 0 radical (unpaired) electrons. The van der Waals surface area contributed by atoms with Gasteiger partial charge in [0.05, 0.1) is 23.5 Å². The van der Waals surface area contributed by atoms with Gasteiger partial charge in [0.15, 0.2) is 0 Å². The van der Waals surface area contributed by atoms with Crippen LogP contribution in [-0.4, -0.2) is 32.8 Å². The summed E-state index contributed by atoms with van der Waals surface area (Å²) in [6.07, 6.45) is 8.43. The fraction of sp³-hybridized carbons (Fsp3) is 0.381. The highest BCUT2D eigenvalue weighted by molar-refractivity contribution is 6.01. The third-order valence-corrected chi connectivity index (χ3v) is 5.02. The molecule has 2 aromatic rings. The number of carbonyl (C=O) groups excluding carboxylic acids is 1. The summed E-state index contributed by atoms with van der Waals surface area (Å²) < 4.78 is 1.94. The van der Waals surface area contributed by atoms with Gasteiger partial charge in [0.2, 0.25) is 0 Å². The number of aromatic nitrogens is 2. The summed E-state index contributed by atoms with van der Waals surface area (Å²) in [7, 11) is 0. The van der Waals surface area contributed by atoms with Crippen LogP contribution in [0, 0.1) is 0 Å². The van der Waals surface area contributed by atoms with Crippen LogP contribution in [0.2, 0.25) is 0 Å². The average Bonchev–Trinajstić information content (AvgIpc) is 3.34. The molecular formula is C21H25N3O3. The van der Waals surface area contributed by atoms with Crippen molar-refractivity contribution in [3.63, 3.8) is 0 Å². The number of nitrogens with zero attached hydrogens (tertiary/aromatic N) is 2. The lowest BCUT2D eigenvalue weighted by Crippen LogP contribution is -2.40. The molecule has 0 bridgehead atoms. The number of amides is 1. The molecule has 3 rings (SSSR count). The number of carboxylic acids is 1. The highest BCUT2D eigenvalue weighted by Gasteiger charge is 2.27. The van der Waals surface area contributed by atoms with Crippen molar-refractivity contribution in [1.29, 1.82) is 0 Å². The summed E-state index contributed by atoms with van der Waals surface area (Å²) in [5, 5.41) is 16.5. The summed E-state index contributed by atoms with van der Waals surface area (Å²) in [5.74, 6) is -1.45. The van der Waals surface area contributed by atoms with Gasteiger partial charge in [-0.3, -0.25) is 9.48 Å². The second kappa shape index (κ2) is 8.66. The first-order valence-corrected chi connectivity index (χ1v) is 9.39. The first kappa shape index (κ1) is 18.9. The number of benzene rings is 1. The van der Waals surface area contributed by atoms with Gasteiger partial charge < -0.3 is 10.4 Å². The lowest BCUT2D eigenvalue weighted by atomic mass is 10.1. The minimum atomic E-state index is -1.05. The molecule has 2 N–H and O–H groups in total. The molecule has 1 aromatic heterocycles. The van der Waals surface area contributed by atoms with E-state index in [1.807, 2.05) is 35.0 Å². The zero-order valence-electron chi connectivity index (χ0n) is 15.3. The molecule has 1 unspecified atom stereocenters. The van der Waals surface area contributed by atoms with E-state index in [2.05, 4.69) is 17.0 Å². The molecule has 1 amide bonds. The Hall–Kier alpha value is -2.89. The number of hydrogen-bond acceptors (Lipinski definition) is 3. The van der Waals surface area contributed by atoms with Crippen molar-refractivity contribution in [1.82, 2.24) is 15.1 Å². The van der Waals surface area contributed by atoms with Crippen molar-refractivity contribution in [2.24, 2.45) is 0 Å². The number of nitrogens with one attached hydrogen (secondary N) is 1. The number of rotatable bonds is 8. The van der Waals surface area contributed by atoms with Crippen LogP contribution in [0.3, 0.4) is 0 Å². The molecule has 142 valence electrons. The van der Waals surface area contributed by atoms with Crippen molar-refractivity contribution in [2.75, 3.05) is 0 Å². The molecule has 0 spiro atoms. The highest BCUT2D eigenvalue weighted by atomic mass is 16.4. The minimum Gasteiger partial charge on any atom is -0.480 e. The van der Waals surface area contributed by atoms with Gasteiger partial charge in [0.25, 0.3) is 5.91 Å². The summed E-state index contributed by atoms with van der Waals surface area (Å²) in [4.78, 5) is 24.4. The average molecular weight is 367 g/mol. The van der Waals surface area contributed by atoms with Crippen LogP contribution >= 0.6 is 0 Å². The minimum absolute atomic E-state index is 0.276. The van der Waals surface area contributed by atoms with Crippen LogP contribution < -0.4 is 5.32 Å². The molecule has 0 aliphatic heterocycles. The van der Waals surface area contributed by atoms with E-state index in [-0.39, 0.29) is 6.04 Å². The van der Waals surface area contributed by atoms with Crippen LogP contribution in [0.4, 0.5) is 0 Å². The predicted octanol–water partition coefficient (Wildman–Crippen LogP) is 3.81. The van der Waals surface area contributed by atoms with Crippen molar-refractivity contribution >= 4 is 11.9 Å². The Morgan fingerprint density at radius 1 is 1.30 bits per heavy atom. The second-order valence-electron chi connectivity index (χ2n) is 6.89. The Balaban J connectivity index is 1.93. The lowest BCUT2D eigenvalue weighted by Gasteiger charge is -2.17. The lowest BCUT2D eigenvalue weighted by molar-refractivity contribution is -0.139. The van der Waals surface area contributed by atoms with Gasteiger partial charge >= 0.3 is 5.97 Å². The monoisotopic (exact) mass is 367 g/mol. The van der Waals surface area contributed by atoms with E-state index in [4.69, 9.17) is 0 Å². The molecule has 1 aromatic carbocycles. The summed E-state index contributed by atoms with van der Waals surface area (Å²) in [5.41, 5.74) is 2.08. The van der Waals surface area contributed by atoms with Gasteiger partial charge in [-0.2, -0.15) is 5.10 Å². The van der Waals surface area contributed by atoms with Gasteiger partial charge in [0, 0.05) is 5.56 Å². The van der Waals surface area contributed by atoms with Gasteiger partial charge in [-0.05, 0) is 25.7 Å². The van der Waals surface area contributed by atoms with Crippen molar-refractivity contribution < 1.29 is 14.7 Å². The fourth-order valence-corrected chi connectivity index (χ4v) is 3.62. The molecule has 6 nitrogen and oxygen atoms in total. The van der Waals surface area contributed by atoms with E-state index in [0.717, 1.165) is 36.9 Å². The summed E-state index contributed by atoms with van der Waals surface area (Å²) in [6, 6.07) is 9.00. The Bertz CT molecular complexity index is 807. The number of allylic oxidation sites excluding steroid dienone is 1. The van der Waals surface area contributed by atoms with E-state index in [9.17, 15) is 14.7 Å². The molecular weight excluding hydrogens is 342 g/mol. The third-order valence-electron chi connectivity index (χ3n) is 5.02. The maximum atomic E-state index is 12.9. The maximum absolute atomic E-state index is 12.9. The maximum Gasteiger partial charge on any atom is 0.326 e. The first-order chi connectivity index (χ1) is 13.1. The number of carbonyl (C=O) groups is 2. The van der Waals surface area contributed by atoms with Crippen molar-refractivity contribution in [3.05, 3.63) is 54.7 Å². The second-order valence-corrected chi connectivity index (χ2v) is 6.89. The Labute approximate surface area is 158 Å². The molecule has 1 atom stereocenters. The van der Waals surface area contributed by atoms with Crippen LogP contribution in [-0.2, 0) is 4.79 Å². The Morgan fingerprint density at radius 3 is 2.63 bits per heavy atom. The molecule has 1 aliphatic carbocycles. The Morgan fingerprint density at radius 2 is 2.00 bits per heavy atom. The zero-order chi connectivity index (χ0) is 19.2. The van der Waals surface area contributed by atoms with E-state index in [0.29, 0.717) is 18.4 Å². The van der Waals surface area contributed by atoms with E-state index in [1.54, 1.807) is 12.3 Å². The largest absolute Gasteiger partial charge is 0.480 e. The topological polar surface area (TPSA) is 84.2 Å². The highest BCUT2D eigenvalue weighted by Crippen LogP contribution is 2.34. The van der Waals surface area contributed by atoms with Crippen molar-refractivity contribution in [3.8, 4) is 11.3 Å². The molecule has 27 heavy (non-hydrogen) atoms. The van der Waals surface area contributed by atoms with E-state index >= 15 is 0 Å². The van der Waals surface area contributed by atoms with Crippen LogP contribution in [0.5, 0.6) is 0 Å². The Kier molecular flexibility index (Phi) is 6.06. The number of aliphatic carboxylic acids is 1. The van der Waals surface area contributed by atoms with Gasteiger partial charge in [-0.1, -0.05) is 49.2 Å². The van der Waals surface area contributed by atoms with Gasteiger partial charge in [-0.25, -0.2) is 4.79 Å².